The molecule has 22 heavy (non-hydrogen) atoms. The second-order valence-corrected chi connectivity index (χ2v) is 4.75. The molecule has 0 bridgehead atoms. The van der Waals surface area contributed by atoms with Crippen LogP contribution >= 0.6 is 0 Å². The van der Waals surface area contributed by atoms with Crippen LogP contribution in [0.1, 0.15) is 0 Å². The number of nitrogens with zero attached hydrogens (tertiary/aromatic N) is 3. The van der Waals surface area contributed by atoms with E-state index in [1.54, 1.807) is 18.2 Å². The maximum atomic E-state index is 10.7. The zero-order valence-electron chi connectivity index (χ0n) is 11.8. The molecule has 0 fully saturated rings. The average Bonchev–Trinajstić information content (AvgIpc) is 3.05. The lowest BCUT2D eigenvalue weighted by Crippen LogP contribution is -2.07. The van der Waals surface area contributed by atoms with E-state index in [0.29, 0.717) is 11.6 Å². The van der Waals surface area contributed by atoms with Crippen LogP contribution in [0.2, 0.25) is 0 Å². The summed E-state index contributed by atoms with van der Waals surface area (Å²) in [7, 11) is 1.88. The van der Waals surface area contributed by atoms with Crippen LogP contribution in [0.25, 0.3) is 11.3 Å². The number of anilines is 2. The molecule has 0 aliphatic carbocycles. The van der Waals surface area contributed by atoms with Crippen LogP contribution < -0.4 is 4.90 Å². The number of rotatable bonds is 4. The first kappa shape index (κ1) is 13.8. The maximum absolute atomic E-state index is 10.7. The Labute approximate surface area is 126 Å². The van der Waals surface area contributed by atoms with Crippen LogP contribution in [0, 0.1) is 10.1 Å². The minimum absolute atomic E-state index is 0.0499. The molecular weight excluding hydrogens is 282 g/mol. The smallest absolute Gasteiger partial charge is 0.269 e. The van der Waals surface area contributed by atoms with Crippen LogP contribution in [-0.2, 0) is 0 Å². The molecule has 3 aromatic rings. The van der Waals surface area contributed by atoms with Gasteiger partial charge in [0.2, 0.25) is 5.88 Å². The molecule has 110 valence electrons. The van der Waals surface area contributed by atoms with Crippen molar-refractivity contribution in [3.63, 3.8) is 0 Å². The Hall–Kier alpha value is -3.15. The summed E-state index contributed by atoms with van der Waals surface area (Å²) in [5, 5.41) is 14.7. The SMILES string of the molecule is CN(c1ccccc1)c1cc(-c2ccc([N+](=O)[O-])cc2)no1. The quantitative estimate of drug-likeness (QED) is 0.537. The third-order valence-electron chi connectivity index (χ3n) is 3.35. The van der Waals surface area contributed by atoms with Gasteiger partial charge in [-0.1, -0.05) is 23.4 Å². The molecule has 0 amide bonds. The molecule has 0 saturated heterocycles. The summed E-state index contributed by atoms with van der Waals surface area (Å²) in [5.41, 5.74) is 2.43. The van der Waals surface area contributed by atoms with Gasteiger partial charge in [0.25, 0.3) is 5.69 Å². The Bertz CT molecular complexity index is 782. The number of nitro benzene ring substituents is 1. The Balaban J connectivity index is 1.86. The molecule has 0 N–H and O–H groups in total. The topological polar surface area (TPSA) is 72.4 Å². The summed E-state index contributed by atoms with van der Waals surface area (Å²) in [6.45, 7) is 0. The molecule has 0 aliphatic heterocycles. The molecule has 0 atom stereocenters. The first-order valence-corrected chi connectivity index (χ1v) is 6.65. The Morgan fingerprint density at radius 1 is 1.09 bits per heavy atom. The van der Waals surface area contributed by atoms with E-state index >= 15 is 0 Å². The van der Waals surface area contributed by atoms with Crippen LogP contribution in [-0.4, -0.2) is 17.1 Å². The Morgan fingerprint density at radius 3 is 2.41 bits per heavy atom. The van der Waals surface area contributed by atoms with Crippen molar-refractivity contribution in [2.24, 2.45) is 0 Å². The molecule has 0 aliphatic rings. The summed E-state index contributed by atoms with van der Waals surface area (Å²) in [6.07, 6.45) is 0. The lowest BCUT2D eigenvalue weighted by molar-refractivity contribution is -0.384. The van der Waals surface area contributed by atoms with Gasteiger partial charge in [-0.3, -0.25) is 10.1 Å². The summed E-state index contributed by atoms with van der Waals surface area (Å²) >= 11 is 0. The fraction of sp³-hybridized carbons (Fsp3) is 0.0625. The van der Waals surface area contributed by atoms with Crippen molar-refractivity contribution in [1.82, 2.24) is 5.16 Å². The van der Waals surface area contributed by atoms with Gasteiger partial charge >= 0.3 is 0 Å². The van der Waals surface area contributed by atoms with Gasteiger partial charge in [-0.05, 0) is 24.3 Å². The maximum Gasteiger partial charge on any atom is 0.269 e. The van der Waals surface area contributed by atoms with Crippen molar-refractivity contribution in [2.75, 3.05) is 11.9 Å². The molecule has 3 rings (SSSR count). The van der Waals surface area contributed by atoms with Crippen LogP contribution in [0.4, 0.5) is 17.3 Å². The van der Waals surface area contributed by atoms with E-state index in [1.165, 1.54) is 12.1 Å². The van der Waals surface area contributed by atoms with Crippen molar-refractivity contribution in [3.8, 4) is 11.3 Å². The number of hydrogen-bond acceptors (Lipinski definition) is 5. The number of hydrogen-bond donors (Lipinski definition) is 0. The highest BCUT2D eigenvalue weighted by Crippen LogP contribution is 2.28. The van der Waals surface area contributed by atoms with E-state index in [2.05, 4.69) is 5.16 Å². The fourth-order valence-corrected chi connectivity index (χ4v) is 2.09. The third-order valence-corrected chi connectivity index (χ3v) is 3.35. The highest BCUT2D eigenvalue weighted by Gasteiger charge is 2.13. The van der Waals surface area contributed by atoms with Gasteiger partial charge in [-0.2, -0.15) is 0 Å². The van der Waals surface area contributed by atoms with Gasteiger partial charge in [0, 0.05) is 36.5 Å². The number of nitro groups is 1. The highest BCUT2D eigenvalue weighted by atomic mass is 16.6. The molecule has 0 spiro atoms. The molecule has 1 heterocycles. The molecular formula is C16H13N3O3. The average molecular weight is 295 g/mol. The summed E-state index contributed by atoms with van der Waals surface area (Å²) in [6, 6.07) is 17.8. The standard InChI is InChI=1S/C16H13N3O3/c1-18(13-5-3-2-4-6-13)16-11-15(17-22-16)12-7-9-14(10-8-12)19(20)21/h2-11H,1H3. The van der Waals surface area contributed by atoms with Crippen molar-refractivity contribution >= 4 is 17.3 Å². The van der Waals surface area contributed by atoms with E-state index in [4.69, 9.17) is 4.52 Å². The van der Waals surface area contributed by atoms with Crippen molar-refractivity contribution in [1.29, 1.82) is 0 Å². The second-order valence-electron chi connectivity index (χ2n) is 4.75. The van der Waals surface area contributed by atoms with Gasteiger partial charge < -0.3 is 9.42 Å². The molecule has 0 saturated carbocycles. The molecule has 6 heteroatoms. The lowest BCUT2D eigenvalue weighted by atomic mass is 10.1. The van der Waals surface area contributed by atoms with Gasteiger partial charge in [0.05, 0.1) is 4.92 Å². The lowest BCUT2D eigenvalue weighted by Gasteiger charge is -2.14. The third kappa shape index (κ3) is 2.67. The summed E-state index contributed by atoms with van der Waals surface area (Å²) in [4.78, 5) is 12.1. The normalized spacial score (nSPS) is 10.4. The van der Waals surface area contributed by atoms with Crippen molar-refractivity contribution in [3.05, 3.63) is 70.8 Å². The molecule has 1 aromatic heterocycles. The number of benzene rings is 2. The number of para-hydroxylation sites is 1. The minimum Gasteiger partial charge on any atom is -0.338 e. The van der Waals surface area contributed by atoms with Gasteiger partial charge in [0.1, 0.15) is 5.69 Å². The van der Waals surface area contributed by atoms with E-state index in [0.717, 1.165) is 11.3 Å². The van der Waals surface area contributed by atoms with Crippen LogP contribution in [0.15, 0.2) is 65.2 Å². The molecule has 0 radical (unpaired) electrons. The zero-order chi connectivity index (χ0) is 15.5. The van der Waals surface area contributed by atoms with Crippen molar-refractivity contribution in [2.45, 2.75) is 0 Å². The zero-order valence-corrected chi connectivity index (χ0v) is 11.8. The molecule has 6 nitrogen and oxygen atoms in total. The van der Waals surface area contributed by atoms with Crippen molar-refractivity contribution < 1.29 is 9.45 Å². The predicted molar refractivity (Wildman–Crippen MR) is 83.1 cm³/mol. The van der Waals surface area contributed by atoms with Gasteiger partial charge in [-0.15, -0.1) is 0 Å². The van der Waals surface area contributed by atoms with E-state index in [1.807, 2.05) is 42.3 Å². The van der Waals surface area contributed by atoms with Gasteiger partial charge in [-0.25, -0.2) is 0 Å². The molecule has 0 unspecified atom stereocenters. The van der Waals surface area contributed by atoms with Gasteiger partial charge in [0.15, 0.2) is 0 Å². The van der Waals surface area contributed by atoms with E-state index < -0.39 is 4.92 Å². The second kappa shape index (κ2) is 5.69. The number of aromatic nitrogens is 1. The summed E-state index contributed by atoms with van der Waals surface area (Å²) < 4.78 is 5.35. The Kier molecular flexibility index (Phi) is 3.57. The highest BCUT2D eigenvalue weighted by molar-refractivity contribution is 5.66. The largest absolute Gasteiger partial charge is 0.338 e. The molecule has 2 aromatic carbocycles. The van der Waals surface area contributed by atoms with E-state index in [9.17, 15) is 10.1 Å². The predicted octanol–water partition coefficient (Wildman–Crippen LogP) is 4.02. The Morgan fingerprint density at radius 2 is 1.77 bits per heavy atom. The number of non-ortho nitro benzene ring substituents is 1. The van der Waals surface area contributed by atoms with E-state index in [-0.39, 0.29) is 5.69 Å². The monoisotopic (exact) mass is 295 g/mol. The minimum atomic E-state index is -0.429. The first-order valence-electron chi connectivity index (χ1n) is 6.65. The van der Waals surface area contributed by atoms with Crippen LogP contribution in [0.3, 0.4) is 0 Å². The van der Waals surface area contributed by atoms with Crippen LogP contribution in [0.5, 0.6) is 0 Å². The first-order chi connectivity index (χ1) is 10.6. The summed E-state index contributed by atoms with van der Waals surface area (Å²) in [5.74, 6) is 0.597. The fourth-order valence-electron chi connectivity index (χ4n) is 2.09.